The number of rotatable bonds is 6. The van der Waals surface area contributed by atoms with Gasteiger partial charge >= 0.3 is 0 Å². The third-order valence-electron chi connectivity index (χ3n) is 4.34. The van der Waals surface area contributed by atoms with Crippen molar-refractivity contribution in [3.05, 3.63) is 66.1 Å². The minimum atomic E-state index is 0.597. The van der Waals surface area contributed by atoms with Gasteiger partial charge in [-0.15, -0.1) is 0 Å². The highest BCUT2D eigenvalue weighted by atomic mass is 15.0. The summed E-state index contributed by atoms with van der Waals surface area (Å²) >= 11 is 0. The second-order valence-electron chi connectivity index (χ2n) is 7.09. The Kier molecular flexibility index (Phi) is 4.80. The Morgan fingerprint density at radius 1 is 0.957 bits per heavy atom. The van der Waals surface area contributed by atoms with Crippen LogP contribution in [0.2, 0.25) is 0 Å². The molecular weight excluding hydrogens is 280 g/mol. The van der Waals surface area contributed by atoms with Gasteiger partial charge in [-0.2, -0.15) is 0 Å². The predicted octanol–water partition coefficient (Wildman–Crippen LogP) is 5.11. The smallest absolute Gasteiger partial charge is 0.0483 e. The summed E-state index contributed by atoms with van der Waals surface area (Å²) in [5, 5.41) is 1.41. The van der Waals surface area contributed by atoms with E-state index < -0.39 is 0 Å². The molecule has 0 fully saturated rings. The van der Waals surface area contributed by atoms with Crippen LogP contribution >= 0.6 is 0 Å². The number of fused-ring (bicyclic) bond motifs is 1. The van der Waals surface area contributed by atoms with Crippen LogP contribution in [0, 0.1) is 11.8 Å². The Hall–Kier alpha value is -2.09. The molecule has 2 heterocycles. The normalized spacial score (nSPS) is 12.9. The lowest BCUT2D eigenvalue weighted by molar-refractivity contribution is 0.488. The number of hydrogen-bond acceptors (Lipinski definition) is 1. The first-order valence-electron chi connectivity index (χ1n) is 8.59. The molecule has 1 unspecified atom stereocenters. The van der Waals surface area contributed by atoms with Gasteiger partial charge in [0, 0.05) is 36.0 Å². The van der Waals surface area contributed by atoms with Crippen LogP contribution < -0.4 is 0 Å². The summed E-state index contributed by atoms with van der Waals surface area (Å²) in [4.78, 5) is 4.10. The fraction of sp³-hybridized carbons (Fsp3) is 0.381. The van der Waals surface area contributed by atoms with E-state index in [1.54, 1.807) is 0 Å². The summed E-state index contributed by atoms with van der Waals surface area (Å²) in [6.07, 6.45) is 8.37. The van der Waals surface area contributed by atoms with Crippen molar-refractivity contribution in [1.82, 2.24) is 9.55 Å². The van der Waals surface area contributed by atoms with E-state index in [1.807, 2.05) is 12.4 Å². The Bertz CT molecular complexity index is 756. The molecule has 0 spiro atoms. The highest BCUT2D eigenvalue weighted by Crippen LogP contribution is 2.25. The summed E-state index contributed by atoms with van der Waals surface area (Å²) in [6, 6.07) is 13.0. The van der Waals surface area contributed by atoms with E-state index in [0.717, 1.165) is 19.4 Å². The molecule has 2 heteroatoms. The van der Waals surface area contributed by atoms with Gasteiger partial charge in [-0.05, 0) is 54.0 Å². The number of hydrogen-bond donors (Lipinski definition) is 0. The van der Waals surface area contributed by atoms with Gasteiger partial charge in [0.1, 0.15) is 0 Å². The summed E-state index contributed by atoms with van der Waals surface area (Å²) in [5.41, 5.74) is 4.21. The first-order chi connectivity index (χ1) is 11.1. The van der Waals surface area contributed by atoms with E-state index in [1.165, 1.54) is 22.0 Å². The average molecular weight is 306 g/mol. The van der Waals surface area contributed by atoms with Gasteiger partial charge in [-0.1, -0.05) is 39.0 Å². The molecule has 0 aliphatic heterocycles. The largest absolute Gasteiger partial charge is 0.347 e. The maximum absolute atomic E-state index is 4.10. The number of pyridine rings is 1. The SMILES string of the molecule is CC(C)Cc1cn(CC(C)Cc2ccncc2)c2ccccc12. The van der Waals surface area contributed by atoms with E-state index in [2.05, 4.69) is 72.9 Å². The van der Waals surface area contributed by atoms with E-state index in [0.29, 0.717) is 11.8 Å². The van der Waals surface area contributed by atoms with Crippen LogP contribution in [-0.4, -0.2) is 9.55 Å². The molecule has 2 nitrogen and oxygen atoms in total. The number of para-hydroxylation sites is 1. The van der Waals surface area contributed by atoms with Gasteiger partial charge in [0.05, 0.1) is 0 Å². The van der Waals surface area contributed by atoms with Crippen molar-refractivity contribution in [3.8, 4) is 0 Å². The third kappa shape index (κ3) is 3.82. The molecule has 0 bridgehead atoms. The first kappa shape index (κ1) is 15.8. The molecule has 0 aliphatic rings. The van der Waals surface area contributed by atoms with Gasteiger partial charge in [-0.25, -0.2) is 0 Å². The quantitative estimate of drug-likeness (QED) is 0.618. The van der Waals surface area contributed by atoms with Crippen molar-refractivity contribution in [1.29, 1.82) is 0 Å². The van der Waals surface area contributed by atoms with E-state index >= 15 is 0 Å². The monoisotopic (exact) mass is 306 g/mol. The third-order valence-corrected chi connectivity index (χ3v) is 4.34. The lowest BCUT2D eigenvalue weighted by atomic mass is 10.0. The zero-order valence-corrected chi connectivity index (χ0v) is 14.4. The number of benzene rings is 1. The first-order valence-corrected chi connectivity index (χ1v) is 8.59. The van der Waals surface area contributed by atoms with Gasteiger partial charge in [0.2, 0.25) is 0 Å². The van der Waals surface area contributed by atoms with Crippen LogP contribution in [-0.2, 0) is 19.4 Å². The molecule has 0 amide bonds. The molecule has 1 atom stereocenters. The fourth-order valence-electron chi connectivity index (χ4n) is 3.40. The summed E-state index contributed by atoms with van der Waals surface area (Å²) in [5.74, 6) is 1.28. The molecule has 0 N–H and O–H groups in total. The van der Waals surface area contributed by atoms with Crippen LogP contribution in [0.5, 0.6) is 0 Å². The molecule has 23 heavy (non-hydrogen) atoms. The van der Waals surface area contributed by atoms with Crippen LogP contribution in [0.3, 0.4) is 0 Å². The Labute approximate surface area is 139 Å². The van der Waals surface area contributed by atoms with E-state index in [4.69, 9.17) is 0 Å². The van der Waals surface area contributed by atoms with Crippen molar-refractivity contribution < 1.29 is 0 Å². The second kappa shape index (κ2) is 6.99. The Morgan fingerprint density at radius 2 is 1.70 bits per heavy atom. The van der Waals surface area contributed by atoms with Gasteiger partial charge < -0.3 is 4.57 Å². The standard InChI is InChI=1S/C21H26N2/c1-16(2)12-19-15-23(21-7-5-4-6-20(19)21)14-17(3)13-18-8-10-22-11-9-18/h4-11,15-17H,12-14H2,1-3H3. The van der Waals surface area contributed by atoms with Crippen molar-refractivity contribution in [2.45, 2.75) is 40.2 Å². The lowest BCUT2D eigenvalue weighted by Crippen LogP contribution is -2.09. The Morgan fingerprint density at radius 3 is 2.43 bits per heavy atom. The lowest BCUT2D eigenvalue weighted by Gasteiger charge is -2.13. The molecule has 0 aliphatic carbocycles. The van der Waals surface area contributed by atoms with Crippen molar-refractivity contribution in [3.63, 3.8) is 0 Å². The molecule has 2 aromatic heterocycles. The van der Waals surface area contributed by atoms with Crippen molar-refractivity contribution in [2.24, 2.45) is 11.8 Å². The fourth-order valence-corrected chi connectivity index (χ4v) is 3.40. The molecule has 0 saturated carbocycles. The molecule has 0 radical (unpaired) electrons. The van der Waals surface area contributed by atoms with Gasteiger partial charge in [-0.3, -0.25) is 4.98 Å². The van der Waals surface area contributed by atoms with E-state index in [9.17, 15) is 0 Å². The molecule has 1 aromatic carbocycles. The maximum Gasteiger partial charge on any atom is 0.0483 e. The topological polar surface area (TPSA) is 17.8 Å². The highest BCUT2D eigenvalue weighted by molar-refractivity contribution is 5.84. The Balaban J connectivity index is 1.82. The minimum absolute atomic E-state index is 0.597. The average Bonchev–Trinajstić information content (AvgIpc) is 2.86. The highest BCUT2D eigenvalue weighted by Gasteiger charge is 2.12. The zero-order chi connectivity index (χ0) is 16.2. The van der Waals surface area contributed by atoms with Crippen LogP contribution in [0.25, 0.3) is 10.9 Å². The minimum Gasteiger partial charge on any atom is -0.347 e. The maximum atomic E-state index is 4.10. The van der Waals surface area contributed by atoms with Gasteiger partial charge in [0.25, 0.3) is 0 Å². The molecule has 120 valence electrons. The summed E-state index contributed by atoms with van der Waals surface area (Å²) in [7, 11) is 0. The summed E-state index contributed by atoms with van der Waals surface area (Å²) < 4.78 is 2.44. The van der Waals surface area contributed by atoms with Crippen molar-refractivity contribution >= 4 is 10.9 Å². The summed E-state index contributed by atoms with van der Waals surface area (Å²) in [6.45, 7) is 7.97. The number of aromatic nitrogens is 2. The van der Waals surface area contributed by atoms with Crippen LogP contribution in [0.15, 0.2) is 55.0 Å². The van der Waals surface area contributed by atoms with E-state index in [-0.39, 0.29) is 0 Å². The van der Waals surface area contributed by atoms with Crippen LogP contribution in [0.4, 0.5) is 0 Å². The molecule has 3 aromatic rings. The molecule has 0 saturated heterocycles. The second-order valence-corrected chi connectivity index (χ2v) is 7.09. The molecular formula is C21H26N2. The zero-order valence-electron chi connectivity index (χ0n) is 14.4. The number of nitrogens with zero attached hydrogens (tertiary/aromatic N) is 2. The van der Waals surface area contributed by atoms with Crippen molar-refractivity contribution in [2.75, 3.05) is 0 Å². The predicted molar refractivity (Wildman–Crippen MR) is 97.6 cm³/mol. The van der Waals surface area contributed by atoms with Gasteiger partial charge in [0.15, 0.2) is 0 Å². The van der Waals surface area contributed by atoms with Crippen LogP contribution in [0.1, 0.15) is 31.9 Å². The molecule has 3 rings (SSSR count).